The van der Waals surface area contributed by atoms with E-state index in [9.17, 15) is 70.9 Å². The predicted molar refractivity (Wildman–Crippen MR) is 273 cm³/mol. The van der Waals surface area contributed by atoms with Crippen LogP contribution in [0.3, 0.4) is 0 Å². The normalized spacial score (nSPS) is 55.1. The number of rotatable bonds is 12. The number of aliphatic hydroxyl groups excluding tert-OH is 12. The summed E-state index contributed by atoms with van der Waals surface area (Å²) in [5.74, 6) is -1.71. The lowest BCUT2D eigenvalue weighted by atomic mass is 9.33. The van der Waals surface area contributed by atoms with Gasteiger partial charge in [0.1, 0.15) is 79.4 Å². The summed E-state index contributed by atoms with van der Waals surface area (Å²) in [6.07, 6.45) is -26.6. The van der Waals surface area contributed by atoms with Gasteiger partial charge in [-0.15, -0.1) is 0 Å². The van der Waals surface area contributed by atoms with Crippen molar-refractivity contribution in [2.75, 3.05) is 27.4 Å². The highest BCUT2D eigenvalue weighted by molar-refractivity contribution is 5.77. The molecule has 31 atom stereocenters. The van der Waals surface area contributed by atoms with Gasteiger partial charge in [0, 0.05) is 10.8 Å². The molecule has 24 heteroatoms. The number of carbonyl (C=O) groups is 2. The first kappa shape index (κ1) is 62.4. The van der Waals surface area contributed by atoms with Crippen LogP contribution in [0, 0.1) is 50.2 Å². The minimum atomic E-state index is -2.01. The molecular formula is C56H90O24. The van der Waals surface area contributed by atoms with Crippen LogP contribution in [0.15, 0.2) is 11.6 Å². The number of esters is 2. The number of aliphatic hydroxyl groups is 12. The maximum Gasteiger partial charge on any atom is 0.337 e. The van der Waals surface area contributed by atoms with Gasteiger partial charge in [0.05, 0.1) is 57.3 Å². The first-order chi connectivity index (χ1) is 37.4. The van der Waals surface area contributed by atoms with Gasteiger partial charge in [-0.05, 0) is 113 Å². The highest BCUT2D eigenvalue weighted by Crippen LogP contribution is 2.76. The van der Waals surface area contributed by atoms with E-state index in [4.69, 9.17) is 47.4 Å². The summed E-state index contributed by atoms with van der Waals surface area (Å²) >= 11 is 0. The van der Waals surface area contributed by atoms with E-state index in [0.717, 1.165) is 20.0 Å². The van der Waals surface area contributed by atoms with E-state index >= 15 is 0 Å². The van der Waals surface area contributed by atoms with Gasteiger partial charge >= 0.3 is 11.9 Å². The van der Waals surface area contributed by atoms with E-state index in [1.165, 1.54) is 19.6 Å². The van der Waals surface area contributed by atoms with Gasteiger partial charge in [0.2, 0.25) is 0 Å². The number of hydrogen-bond donors (Lipinski definition) is 12. The largest absolute Gasteiger partial charge is 0.469 e. The average molecular weight is 1150 g/mol. The molecule has 12 N–H and O–H groups in total. The summed E-state index contributed by atoms with van der Waals surface area (Å²) in [6.45, 7) is 14.8. The molecule has 0 radical (unpaired) electrons. The van der Waals surface area contributed by atoms with Crippen molar-refractivity contribution in [3.8, 4) is 0 Å². The van der Waals surface area contributed by atoms with E-state index in [-0.39, 0.29) is 47.6 Å². The zero-order valence-corrected chi connectivity index (χ0v) is 47.6. The molecule has 0 bridgehead atoms. The SMILES string of the molecule is COC(=O)C1OC(OC2CCC3(C)C(CCC4(C)C3CC=C3C5CC(C)(C(=O)OC)CC(OC6OC(C)C(O)C(O)C6O)C5(C)CCC34C)C2(C)CO)C(OC2OC(CO)C(O)C(O)C2OC2OC(C)C(O)C(O)C2O)C(O)C1O. The van der Waals surface area contributed by atoms with Gasteiger partial charge in [0.25, 0.3) is 0 Å². The van der Waals surface area contributed by atoms with Crippen molar-refractivity contribution in [2.24, 2.45) is 50.2 Å². The van der Waals surface area contributed by atoms with Gasteiger partial charge in [-0.2, -0.15) is 0 Å². The molecule has 24 nitrogen and oxygen atoms in total. The summed E-state index contributed by atoms with van der Waals surface area (Å²) in [5, 5.41) is 132. The van der Waals surface area contributed by atoms with Gasteiger partial charge in [-0.25, -0.2) is 4.79 Å². The molecule has 9 rings (SSSR count). The van der Waals surface area contributed by atoms with Crippen molar-refractivity contribution in [1.29, 1.82) is 0 Å². The van der Waals surface area contributed by atoms with Gasteiger partial charge < -0.3 is 109 Å². The van der Waals surface area contributed by atoms with E-state index < -0.39 is 169 Å². The quantitative estimate of drug-likeness (QED) is 0.0620. The molecule has 31 unspecified atom stereocenters. The lowest BCUT2D eigenvalue weighted by Crippen LogP contribution is -2.68. The average Bonchev–Trinajstić information content (AvgIpc) is 3.17. The number of methoxy groups -OCH3 is 2. The Balaban J connectivity index is 1.00. The molecule has 0 aromatic heterocycles. The second-order valence-electron chi connectivity index (χ2n) is 26.5. The third kappa shape index (κ3) is 9.85. The van der Waals surface area contributed by atoms with E-state index in [1.54, 1.807) is 6.92 Å². The molecular weight excluding hydrogens is 1060 g/mol. The molecule has 8 fully saturated rings. The van der Waals surface area contributed by atoms with Crippen molar-refractivity contribution < 1.29 is 118 Å². The van der Waals surface area contributed by atoms with Crippen LogP contribution >= 0.6 is 0 Å². The summed E-state index contributed by atoms with van der Waals surface area (Å²) in [6, 6.07) is 0. The van der Waals surface area contributed by atoms with Crippen LogP contribution in [0.4, 0.5) is 0 Å². The smallest absolute Gasteiger partial charge is 0.337 e. The third-order valence-electron chi connectivity index (χ3n) is 22.2. The fourth-order valence-corrected chi connectivity index (χ4v) is 16.9. The van der Waals surface area contributed by atoms with Gasteiger partial charge in [-0.3, -0.25) is 4.79 Å². The van der Waals surface area contributed by atoms with Gasteiger partial charge in [0.15, 0.2) is 31.3 Å². The number of hydrogen-bond acceptors (Lipinski definition) is 24. The Kier molecular flexibility index (Phi) is 17.6. The Morgan fingerprint density at radius 1 is 0.562 bits per heavy atom. The standard InChI is InChI=1S/C56H90O24/c1-23-32(59)35(62)40(67)46(73-23)77-31-20-51(3,50(70)72-10)19-26-25-11-12-29-53(5)15-14-30(54(6,22-58)28(53)13-16-56(29,8)55(25,7)18-17-52(26,31)4)76-49-44(39(66)38(65)42(78-49)45(69)71-9)80-48-43(37(64)34(61)27(21-57)75-48)79-47-41(68)36(63)33(60)24(2)74-47/h11,23-24,26-44,46-49,57-68H,12-22H2,1-10H3. The summed E-state index contributed by atoms with van der Waals surface area (Å²) in [4.78, 5) is 27.0. The number of allylic oxidation sites excluding steroid dienone is 2. The summed E-state index contributed by atoms with van der Waals surface area (Å²) in [7, 11) is 2.44. The lowest BCUT2D eigenvalue weighted by molar-refractivity contribution is -0.396. The van der Waals surface area contributed by atoms with Crippen molar-refractivity contribution in [2.45, 2.75) is 248 Å². The van der Waals surface area contributed by atoms with Crippen molar-refractivity contribution >= 4 is 11.9 Å². The van der Waals surface area contributed by atoms with Crippen LogP contribution < -0.4 is 0 Å². The van der Waals surface area contributed by atoms with Crippen molar-refractivity contribution in [1.82, 2.24) is 0 Å². The minimum Gasteiger partial charge on any atom is -0.469 e. The minimum absolute atomic E-state index is 0.0739. The molecule has 4 saturated carbocycles. The summed E-state index contributed by atoms with van der Waals surface area (Å²) in [5.41, 5.74) is -2.41. The molecule has 0 aromatic rings. The second-order valence-corrected chi connectivity index (χ2v) is 26.5. The third-order valence-corrected chi connectivity index (χ3v) is 22.2. The fraction of sp³-hybridized carbons (Fsp3) is 0.929. The number of ether oxygens (including phenoxy) is 10. The van der Waals surface area contributed by atoms with Crippen LogP contribution in [0.25, 0.3) is 0 Å². The number of carbonyl (C=O) groups excluding carboxylic acids is 2. The van der Waals surface area contributed by atoms with Crippen molar-refractivity contribution in [3.05, 3.63) is 11.6 Å². The van der Waals surface area contributed by atoms with Crippen LogP contribution in [0.5, 0.6) is 0 Å². The van der Waals surface area contributed by atoms with Crippen molar-refractivity contribution in [3.63, 3.8) is 0 Å². The maximum absolute atomic E-state index is 13.8. The molecule has 0 amide bonds. The zero-order valence-electron chi connectivity index (χ0n) is 47.6. The fourth-order valence-electron chi connectivity index (χ4n) is 16.9. The molecule has 4 heterocycles. The van der Waals surface area contributed by atoms with Gasteiger partial charge in [-0.1, -0.05) is 46.3 Å². The molecule has 4 aliphatic heterocycles. The van der Waals surface area contributed by atoms with E-state index in [1.807, 2.05) is 13.8 Å². The Morgan fingerprint density at radius 3 is 1.70 bits per heavy atom. The molecule has 80 heavy (non-hydrogen) atoms. The van der Waals surface area contributed by atoms with Crippen LogP contribution in [0.1, 0.15) is 113 Å². The molecule has 458 valence electrons. The molecule has 0 spiro atoms. The topological polar surface area (TPSA) is 369 Å². The second kappa shape index (κ2) is 22.6. The Morgan fingerprint density at radius 2 is 1.12 bits per heavy atom. The van der Waals surface area contributed by atoms with E-state index in [0.29, 0.717) is 38.5 Å². The van der Waals surface area contributed by atoms with Crippen LogP contribution in [0.2, 0.25) is 0 Å². The summed E-state index contributed by atoms with van der Waals surface area (Å²) < 4.78 is 59.9. The van der Waals surface area contributed by atoms with E-state index in [2.05, 4.69) is 33.8 Å². The lowest BCUT2D eigenvalue weighted by Gasteiger charge is -2.72. The molecule has 9 aliphatic rings. The Bertz CT molecular complexity index is 2260. The highest BCUT2D eigenvalue weighted by Gasteiger charge is 2.71. The first-order valence-corrected chi connectivity index (χ1v) is 28.6. The van der Waals surface area contributed by atoms with Crippen LogP contribution in [-0.4, -0.2) is 236 Å². The molecule has 4 saturated heterocycles. The molecule has 5 aliphatic carbocycles. The Hall–Kier alpha value is -2.12. The first-order valence-electron chi connectivity index (χ1n) is 28.6. The highest BCUT2D eigenvalue weighted by atomic mass is 16.8. The maximum atomic E-state index is 13.8. The monoisotopic (exact) mass is 1150 g/mol. The predicted octanol–water partition coefficient (Wildman–Crippen LogP) is -1.20. The van der Waals surface area contributed by atoms with Crippen LogP contribution in [-0.2, 0) is 57.0 Å². The Labute approximate surface area is 466 Å². The zero-order chi connectivity index (χ0) is 58.7. The number of fused-ring (bicyclic) bond motifs is 7. The molecule has 0 aromatic carbocycles.